The van der Waals surface area contributed by atoms with Crippen LogP contribution in [0.4, 0.5) is 0 Å². The van der Waals surface area contributed by atoms with Gasteiger partial charge in [0.2, 0.25) is 5.89 Å². The second-order valence-corrected chi connectivity index (χ2v) is 5.40. The van der Waals surface area contributed by atoms with Gasteiger partial charge in [-0.2, -0.15) is 0 Å². The molecule has 1 aromatic rings. The average molecular weight is 200 g/mol. The highest BCUT2D eigenvalue weighted by Gasteiger charge is 2.25. The minimum absolute atomic E-state index is 0.344. The molecule has 13 heavy (non-hydrogen) atoms. The number of rotatable bonds is 2. The lowest BCUT2D eigenvalue weighted by molar-refractivity contribution is 0.548. The molecule has 0 aliphatic carbocycles. The van der Waals surface area contributed by atoms with E-state index in [1.54, 1.807) is 0 Å². The molecule has 1 heterocycles. The zero-order chi connectivity index (χ0) is 9.90. The summed E-state index contributed by atoms with van der Waals surface area (Å²) in [5, 5.41) is 0. The topological polar surface area (TPSA) is 61.5 Å². The quantitative estimate of drug-likeness (QED) is 0.537. The van der Waals surface area contributed by atoms with Crippen LogP contribution < -0.4 is 0 Å². The molecule has 0 fully saturated rings. The zero-order valence-corrected chi connectivity index (χ0v) is 8.67. The minimum Gasteiger partial charge on any atom is -0.591 e. The van der Waals surface area contributed by atoms with Gasteiger partial charge in [-0.05, 0) is 20.8 Å². The van der Waals surface area contributed by atoms with Crippen molar-refractivity contribution in [2.24, 2.45) is 4.40 Å². The Kier molecular flexibility index (Phi) is 3.11. The van der Waals surface area contributed by atoms with Gasteiger partial charge in [0.15, 0.2) is 0 Å². The predicted molar refractivity (Wildman–Crippen MR) is 52.0 cm³/mol. The molecule has 72 valence electrons. The van der Waals surface area contributed by atoms with Gasteiger partial charge in [0.25, 0.3) is 0 Å². The summed E-state index contributed by atoms with van der Waals surface area (Å²) in [6, 6.07) is 0. The second-order valence-electron chi connectivity index (χ2n) is 3.47. The highest BCUT2D eigenvalue weighted by Crippen LogP contribution is 2.16. The Morgan fingerprint density at radius 1 is 1.62 bits per heavy atom. The molecular weight excluding hydrogens is 188 g/mol. The Balaban J connectivity index is 2.59. The molecule has 0 saturated heterocycles. The monoisotopic (exact) mass is 200 g/mol. The summed E-state index contributed by atoms with van der Waals surface area (Å²) in [5.41, 5.74) is 0. The first kappa shape index (κ1) is 10.3. The van der Waals surface area contributed by atoms with Crippen molar-refractivity contribution in [3.05, 3.63) is 18.4 Å². The first-order valence-corrected chi connectivity index (χ1v) is 4.96. The Morgan fingerprint density at radius 3 is 2.77 bits per heavy atom. The average Bonchev–Trinajstić information content (AvgIpc) is 2.50. The summed E-state index contributed by atoms with van der Waals surface area (Å²) < 4.78 is 19.8. The van der Waals surface area contributed by atoms with Gasteiger partial charge in [0.05, 0.1) is 6.20 Å². The zero-order valence-electron chi connectivity index (χ0n) is 7.85. The molecule has 1 rings (SSSR count). The van der Waals surface area contributed by atoms with Crippen LogP contribution in [0.1, 0.15) is 26.7 Å². The molecule has 4 nitrogen and oxygen atoms in total. The molecule has 1 atom stereocenters. The van der Waals surface area contributed by atoms with E-state index in [9.17, 15) is 4.55 Å². The molecule has 0 aromatic carbocycles. The van der Waals surface area contributed by atoms with E-state index in [0.29, 0.717) is 5.89 Å². The van der Waals surface area contributed by atoms with Crippen LogP contribution >= 0.6 is 0 Å². The number of nitrogens with zero attached hydrogens (tertiary/aromatic N) is 2. The Hall–Kier alpha value is -0.810. The van der Waals surface area contributed by atoms with E-state index in [2.05, 4.69) is 9.38 Å². The molecule has 5 heteroatoms. The Bertz CT molecular complexity index is 277. The largest absolute Gasteiger partial charge is 0.591 e. The fourth-order valence-electron chi connectivity index (χ4n) is 0.549. The van der Waals surface area contributed by atoms with Crippen molar-refractivity contribution >= 4 is 17.6 Å². The Labute approximate surface area is 80.4 Å². The highest BCUT2D eigenvalue weighted by molar-refractivity contribution is 7.91. The van der Waals surface area contributed by atoms with Gasteiger partial charge < -0.3 is 8.97 Å². The van der Waals surface area contributed by atoms with E-state index in [1.807, 2.05) is 20.8 Å². The van der Waals surface area contributed by atoms with Crippen LogP contribution in [0.25, 0.3) is 0 Å². The molecule has 0 radical (unpaired) electrons. The maximum Gasteiger partial charge on any atom is 0.241 e. The molecule has 0 aliphatic heterocycles. The molecule has 0 amide bonds. The van der Waals surface area contributed by atoms with Crippen molar-refractivity contribution in [2.45, 2.75) is 25.5 Å². The van der Waals surface area contributed by atoms with E-state index >= 15 is 0 Å². The van der Waals surface area contributed by atoms with Crippen LogP contribution in [0.2, 0.25) is 0 Å². The maximum atomic E-state index is 11.4. The van der Waals surface area contributed by atoms with E-state index < -0.39 is 11.4 Å². The summed E-state index contributed by atoms with van der Waals surface area (Å²) in [5.74, 6) is 0.373. The highest BCUT2D eigenvalue weighted by atomic mass is 32.2. The summed E-state index contributed by atoms with van der Waals surface area (Å²) in [7, 11) is 0. The summed E-state index contributed by atoms with van der Waals surface area (Å²) in [6.07, 6.45) is 4.34. The first-order chi connectivity index (χ1) is 6.00. The van der Waals surface area contributed by atoms with Crippen molar-refractivity contribution in [3.63, 3.8) is 0 Å². The smallest absolute Gasteiger partial charge is 0.241 e. The SMILES string of the molecule is CC(C)(C)[S+]([O-])/N=C\c1ncco1. The van der Waals surface area contributed by atoms with Crippen LogP contribution in [0, 0.1) is 0 Å². The lowest BCUT2D eigenvalue weighted by atomic mass is 10.3. The Morgan fingerprint density at radius 2 is 2.31 bits per heavy atom. The molecule has 0 saturated carbocycles. The standard InChI is InChI=1S/C8H12N2O2S/c1-8(2,3)13(11)10-6-7-9-4-5-12-7/h4-6H,1-3H3/b10-6-. The minimum atomic E-state index is -1.25. The van der Waals surface area contributed by atoms with Gasteiger partial charge in [0, 0.05) is 0 Å². The van der Waals surface area contributed by atoms with Crippen LogP contribution in [0.3, 0.4) is 0 Å². The van der Waals surface area contributed by atoms with Crippen LogP contribution in [-0.2, 0) is 11.4 Å². The van der Waals surface area contributed by atoms with Crippen molar-refractivity contribution in [1.82, 2.24) is 4.98 Å². The second kappa shape index (κ2) is 3.93. The normalized spacial score (nSPS) is 15.1. The third-order valence-electron chi connectivity index (χ3n) is 1.23. The van der Waals surface area contributed by atoms with Crippen molar-refractivity contribution in [1.29, 1.82) is 0 Å². The van der Waals surface area contributed by atoms with Crippen molar-refractivity contribution < 1.29 is 8.97 Å². The summed E-state index contributed by atoms with van der Waals surface area (Å²) in [6.45, 7) is 5.57. The van der Waals surface area contributed by atoms with Gasteiger partial charge in [-0.25, -0.2) is 4.98 Å². The first-order valence-electron chi connectivity index (χ1n) is 3.86. The molecule has 0 spiro atoms. The van der Waals surface area contributed by atoms with Crippen LogP contribution in [0.15, 0.2) is 21.3 Å². The molecular formula is C8H12N2O2S. The fraction of sp³-hybridized carbons (Fsp3) is 0.500. The van der Waals surface area contributed by atoms with Gasteiger partial charge >= 0.3 is 0 Å². The number of oxazole rings is 1. The van der Waals surface area contributed by atoms with Crippen molar-refractivity contribution in [2.75, 3.05) is 0 Å². The fourth-order valence-corrected chi connectivity index (χ4v) is 1.05. The van der Waals surface area contributed by atoms with E-state index in [0.717, 1.165) is 0 Å². The lowest BCUT2D eigenvalue weighted by Crippen LogP contribution is -2.25. The molecule has 1 unspecified atom stereocenters. The van der Waals surface area contributed by atoms with Gasteiger partial charge in [-0.15, -0.1) is 0 Å². The van der Waals surface area contributed by atoms with E-state index in [4.69, 9.17) is 4.42 Å². The molecule has 1 aromatic heterocycles. The molecule has 0 bridgehead atoms. The number of hydrogen-bond donors (Lipinski definition) is 0. The van der Waals surface area contributed by atoms with Gasteiger partial charge in [-0.1, -0.05) is 4.40 Å². The number of hydrogen-bond acceptors (Lipinski definition) is 4. The predicted octanol–water partition coefficient (Wildman–Crippen LogP) is 1.56. The van der Waals surface area contributed by atoms with E-state index in [1.165, 1.54) is 18.7 Å². The van der Waals surface area contributed by atoms with Crippen molar-refractivity contribution in [3.8, 4) is 0 Å². The van der Waals surface area contributed by atoms with Crippen LogP contribution in [-0.4, -0.2) is 20.5 Å². The molecule has 0 aliphatic rings. The summed E-state index contributed by atoms with van der Waals surface area (Å²) >= 11 is -1.25. The summed E-state index contributed by atoms with van der Waals surface area (Å²) in [4.78, 5) is 3.82. The third-order valence-corrected chi connectivity index (χ3v) is 2.58. The number of aromatic nitrogens is 1. The van der Waals surface area contributed by atoms with Gasteiger partial charge in [-0.3, -0.25) is 0 Å². The van der Waals surface area contributed by atoms with E-state index in [-0.39, 0.29) is 4.75 Å². The lowest BCUT2D eigenvalue weighted by Gasteiger charge is -2.17. The maximum absolute atomic E-state index is 11.4. The van der Waals surface area contributed by atoms with Gasteiger partial charge in [0.1, 0.15) is 28.6 Å². The molecule has 0 N–H and O–H groups in total. The third kappa shape index (κ3) is 3.20. The van der Waals surface area contributed by atoms with Crippen LogP contribution in [0.5, 0.6) is 0 Å².